The van der Waals surface area contributed by atoms with Gasteiger partial charge in [-0.25, -0.2) is 0 Å². The van der Waals surface area contributed by atoms with Gasteiger partial charge in [0.1, 0.15) is 0 Å². The third kappa shape index (κ3) is 2.34. The lowest BCUT2D eigenvalue weighted by Gasteiger charge is -2.22. The Bertz CT molecular complexity index is 416. The highest BCUT2D eigenvalue weighted by molar-refractivity contribution is 5.75. The number of carboxylic acids is 1. The van der Waals surface area contributed by atoms with Crippen LogP contribution in [0.3, 0.4) is 0 Å². The maximum absolute atomic E-state index is 11.3. The molecular formula is C12H19N3O2. The van der Waals surface area contributed by atoms with E-state index in [4.69, 9.17) is 0 Å². The molecule has 1 atom stereocenters. The van der Waals surface area contributed by atoms with E-state index in [2.05, 4.69) is 10.00 Å². The van der Waals surface area contributed by atoms with Crippen molar-refractivity contribution in [2.75, 3.05) is 13.1 Å². The standard InChI is InChI=1S/C12H19N3O2/c1-3-12(11(16)17)5-7-15(9-12)8-10-4-6-14(2)13-10/h4,6H,3,5,7-9H2,1-2H3,(H,16,17). The van der Waals surface area contributed by atoms with Crippen molar-refractivity contribution in [3.63, 3.8) is 0 Å². The summed E-state index contributed by atoms with van der Waals surface area (Å²) in [7, 11) is 1.89. The highest BCUT2D eigenvalue weighted by Gasteiger charge is 2.43. The first kappa shape index (κ1) is 12.1. The first-order chi connectivity index (χ1) is 8.05. The predicted octanol–water partition coefficient (Wildman–Crippen LogP) is 1.11. The normalized spacial score (nSPS) is 25.3. The van der Waals surface area contributed by atoms with Crippen LogP contribution < -0.4 is 0 Å². The average molecular weight is 237 g/mol. The molecule has 5 heteroatoms. The summed E-state index contributed by atoms with van der Waals surface area (Å²) in [5.74, 6) is -0.663. The van der Waals surface area contributed by atoms with Gasteiger partial charge in [0, 0.05) is 26.3 Å². The van der Waals surface area contributed by atoms with Crippen LogP contribution in [-0.4, -0.2) is 38.8 Å². The van der Waals surface area contributed by atoms with Crippen LogP contribution in [-0.2, 0) is 18.4 Å². The second-order valence-corrected chi connectivity index (χ2v) is 4.88. The first-order valence-electron chi connectivity index (χ1n) is 6.00. The summed E-state index contributed by atoms with van der Waals surface area (Å²) in [6.45, 7) is 4.18. The van der Waals surface area contributed by atoms with Crippen LogP contribution in [0.1, 0.15) is 25.5 Å². The Morgan fingerprint density at radius 2 is 2.41 bits per heavy atom. The van der Waals surface area contributed by atoms with Gasteiger partial charge in [0.25, 0.3) is 0 Å². The van der Waals surface area contributed by atoms with Crippen LogP contribution in [0.4, 0.5) is 0 Å². The van der Waals surface area contributed by atoms with Gasteiger partial charge in [-0.05, 0) is 25.5 Å². The molecule has 1 aliphatic heterocycles. The van der Waals surface area contributed by atoms with E-state index < -0.39 is 11.4 Å². The fraction of sp³-hybridized carbons (Fsp3) is 0.667. The minimum absolute atomic E-state index is 0.547. The third-order valence-corrected chi connectivity index (χ3v) is 3.72. The van der Waals surface area contributed by atoms with Crippen molar-refractivity contribution >= 4 is 5.97 Å². The van der Waals surface area contributed by atoms with Crippen molar-refractivity contribution in [3.05, 3.63) is 18.0 Å². The van der Waals surface area contributed by atoms with E-state index in [-0.39, 0.29) is 0 Å². The quantitative estimate of drug-likeness (QED) is 0.852. The van der Waals surface area contributed by atoms with Crippen LogP contribution >= 0.6 is 0 Å². The van der Waals surface area contributed by atoms with Crippen molar-refractivity contribution in [1.29, 1.82) is 0 Å². The van der Waals surface area contributed by atoms with Crippen molar-refractivity contribution in [3.8, 4) is 0 Å². The molecule has 0 spiro atoms. The number of aromatic nitrogens is 2. The number of hydrogen-bond acceptors (Lipinski definition) is 3. The van der Waals surface area contributed by atoms with Crippen LogP contribution in [0.5, 0.6) is 0 Å². The Morgan fingerprint density at radius 1 is 1.65 bits per heavy atom. The highest BCUT2D eigenvalue weighted by Crippen LogP contribution is 2.34. The molecule has 2 heterocycles. The lowest BCUT2D eigenvalue weighted by molar-refractivity contribution is -0.148. The minimum Gasteiger partial charge on any atom is -0.481 e. The summed E-state index contributed by atoms with van der Waals surface area (Å²) in [5, 5.41) is 13.6. The topological polar surface area (TPSA) is 58.4 Å². The lowest BCUT2D eigenvalue weighted by Crippen LogP contribution is -2.33. The van der Waals surface area contributed by atoms with E-state index in [0.717, 1.165) is 25.2 Å². The zero-order valence-corrected chi connectivity index (χ0v) is 10.4. The molecule has 1 saturated heterocycles. The molecule has 0 aromatic carbocycles. The van der Waals surface area contributed by atoms with Gasteiger partial charge < -0.3 is 5.11 Å². The second kappa shape index (κ2) is 4.49. The van der Waals surface area contributed by atoms with Crippen molar-refractivity contribution in [2.45, 2.75) is 26.3 Å². The van der Waals surface area contributed by atoms with Crippen LogP contribution in [0, 0.1) is 5.41 Å². The van der Waals surface area contributed by atoms with Crippen molar-refractivity contribution < 1.29 is 9.90 Å². The van der Waals surface area contributed by atoms with E-state index in [1.54, 1.807) is 4.68 Å². The SMILES string of the molecule is CCC1(C(=O)O)CCN(Cc2ccn(C)n2)C1. The number of carboxylic acid groups (broad SMARTS) is 1. The second-order valence-electron chi connectivity index (χ2n) is 4.88. The molecule has 1 aromatic rings. The number of hydrogen-bond donors (Lipinski definition) is 1. The molecule has 0 aliphatic carbocycles. The molecule has 1 aromatic heterocycles. The molecule has 1 aliphatic rings. The summed E-state index contributed by atoms with van der Waals surface area (Å²) in [4.78, 5) is 13.5. The van der Waals surface area contributed by atoms with Gasteiger partial charge in [-0.3, -0.25) is 14.4 Å². The molecule has 0 bridgehead atoms. The molecule has 1 N–H and O–H groups in total. The molecule has 1 unspecified atom stereocenters. The number of nitrogens with zero attached hydrogens (tertiary/aromatic N) is 3. The van der Waals surface area contributed by atoms with Crippen LogP contribution in [0.15, 0.2) is 12.3 Å². The zero-order chi connectivity index (χ0) is 12.5. The van der Waals surface area contributed by atoms with Crippen molar-refractivity contribution in [1.82, 2.24) is 14.7 Å². The van der Waals surface area contributed by atoms with Gasteiger partial charge in [0.2, 0.25) is 0 Å². The van der Waals surface area contributed by atoms with Gasteiger partial charge in [0.05, 0.1) is 11.1 Å². The molecule has 5 nitrogen and oxygen atoms in total. The number of carbonyl (C=O) groups is 1. The molecule has 94 valence electrons. The molecule has 1 fully saturated rings. The maximum Gasteiger partial charge on any atom is 0.310 e. The Kier molecular flexibility index (Phi) is 3.19. The first-order valence-corrected chi connectivity index (χ1v) is 6.00. The molecular weight excluding hydrogens is 218 g/mol. The summed E-state index contributed by atoms with van der Waals surface area (Å²) in [6, 6.07) is 1.98. The van der Waals surface area contributed by atoms with E-state index >= 15 is 0 Å². The maximum atomic E-state index is 11.3. The van der Waals surface area contributed by atoms with Crippen LogP contribution in [0.25, 0.3) is 0 Å². The van der Waals surface area contributed by atoms with Crippen LogP contribution in [0.2, 0.25) is 0 Å². The molecule has 0 amide bonds. The van der Waals surface area contributed by atoms with Gasteiger partial charge in [-0.2, -0.15) is 5.10 Å². The minimum atomic E-state index is -0.663. The van der Waals surface area contributed by atoms with Gasteiger partial charge in [0.15, 0.2) is 0 Å². The summed E-state index contributed by atoms with van der Waals surface area (Å²) < 4.78 is 1.77. The van der Waals surface area contributed by atoms with Gasteiger partial charge >= 0.3 is 5.97 Å². The van der Waals surface area contributed by atoms with Crippen molar-refractivity contribution in [2.24, 2.45) is 12.5 Å². The number of likely N-dealkylation sites (tertiary alicyclic amines) is 1. The predicted molar refractivity (Wildman–Crippen MR) is 63.5 cm³/mol. The average Bonchev–Trinajstić information content (AvgIpc) is 2.87. The fourth-order valence-electron chi connectivity index (χ4n) is 2.48. The summed E-state index contributed by atoms with van der Waals surface area (Å²) in [6.07, 6.45) is 3.35. The lowest BCUT2D eigenvalue weighted by atomic mass is 9.84. The number of aryl methyl sites for hydroxylation is 1. The van der Waals surface area contributed by atoms with Gasteiger partial charge in [-0.1, -0.05) is 6.92 Å². The highest BCUT2D eigenvalue weighted by atomic mass is 16.4. The summed E-state index contributed by atoms with van der Waals surface area (Å²) in [5.41, 5.74) is 0.458. The smallest absolute Gasteiger partial charge is 0.310 e. The number of aliphatic carboxylic acids is 1. The Hall–Kier alpha value is -1.36. The van der Waals surface area contributed by atoms with E-state index in [1.165, 1.54) is 0 Å². The van der Waals surface area contributed by atoms with E-state index in [1.807, 2.05) is 26.2 Å². The Balaban J connectivity index is 2.00. The Morgan fingerprint density at radius 3 is 2.88 bits per heavy atom. The van der Waals surface area contributed by atoms with E-state index in [9.17, 15) is 9.90 Å². The zero-order valence-electron chi connectivity index (χ0n) is 10.4. The third-order valence-electron chi connectivity index (χ3n) is 3.72. The summed E-state index contributed by atoms with van der Waals surface area (Å²) >= 11 is 0. The fourth-order valence-corrected chi connectivity index (χ4v) is 2.48. The largest absolute Gasteiger partial charge is 0.481 e. The van der Waals surface area contributed by atoms with Gasteiger partial charge in [-0.15, -0.1) is 0 Å². The van der Waals surface area contributed by atoms with E-state index in [0.29, 0.717) is 13.0 Å². The molecule has 2 rings (SSSR count). The number of rotatable bonds is 4. The molecule has 17 heavy (non-hydrogen) atoms. The Labute approximate surface area is 101 Å². The molecule has 0 saturated carbocycles. The monoisotopic (exact) mass is 237 g/mol. The molecule has 0 radical (unpaired) electrons.